The molecule has 0 saturated carbocycles. The van der Waals surface area contributed by atoms with E-state index in [2.05, 4.69) is 56.3 Å². The van der Waals surface area contributed by atoms with Gasteiger partial charge < -0.3 is 10.6 Å². The maximum absolute atomic E-state index is 5.47. The van der Waals surface area contributed by atoms with Gasteiger partial charge in [-0.3, -0.25) is 0 Å². The molecule has 0 aliphatic carbocycles. The number of thiazole rings is 1. The van der Waals surface area contributed by atoms with E-state index < -0.39 is 0 Å². The zero-order valence-corrected chi connectivity index (χ0v) is 15.8. The fourth-order valence-corrected chi connectivity index (χ4v) is 4.22. The van der Waals surface area contributed by atoms with E-state index in [0.29, 0.717) is 5.11 Å². The van der Waals surface area contributed by atoms with Crippen molar-refractivity contribution in [1.29, 1.82) is 0 Å². The van der Waals surface area contributed by atoms with Crippen LogP contribution < -0.4 is 10.6 Å². The standard InChI is InChI=1S/C17H25N3S2/c1-11-18-13-8-7-12(9-14(13)22-11)19-15(21)20-17(5,6)10-16(2,3)4/h7-9H,10H2,1-6H3,(H2,19,20,21). The van der Waals surface area contributed by atoms with Crippen LogP contribution in [-0.4, -0.2) is 15.6 Å². The van der Waals surface area contributed by atoms with E-state index in [1.807, 2.05) is 19.1 Å². The zero-order valence-electron chi connectivity index (χ0n) is 14.2. The number of aromatic nitrogens is 1. The Labute approximate surface area is 142 Å². The van der Waals surface area contributed by atoms with E-state index in [0.717, 1.165) is 22.6 Å². The van der Waals surface area contributed by atoms with Crippen LogP contribution in [0.25, 0.3) is 10.2 Å². The van der Waals surface area contributed by atoms with Gasteiger partial charge in [0.25, 0.3) is 0 Å². The summed E-state index contributed by atoms with van der Waals surface area (Å²) in [5, 5.41) is 8.45. The molecule has 0 amide bonds. The minimum absolute atomic E-state index is 0.0481. The summed E-state index contributed by atoms with van der Waals surface area (Å²) in [5.74, 6) is 0. The van der Waals surface area contributed by atoms with Gasteiger partial charge in [-0.15, -0.1) is 11.3 Å². The van der Waals surface area contributed by atoms with Gasteiger partial charge in [-0.25, -0.2) is 4.98 Å². The van der Waals surface area contributed by atoms with Gasteiger partial charge in [0.05, 0.1) is 15.2 Å². The number of anilines is 1. The predicted octanol–water partition coefficient (Wildman–Crippen LogP) is 5.11. The molecule has 1 heterocycles. The molecular formula is C17H25N3S2. The van der Waals surface area contributed by atoms with Gasteiger partial charge in [-0.2, -0.15) is 0 Å². The summed E-state index contributed by atoms with van der Waals surface area (Å²) in [6.45, 7) is 13.1. The molecule has 0 bridgehead atoms. The van der Waals surface area contributed by atoms with Gasteiger partial charge in [0, 0.05) is 11.2 Å². The monoisotopic (exact) mass is 335 g/mol. The van der Waals surface area contributed by atoms with Crippen LogP contribution in [0.4, 0.5) is 5.69 Å². The van der Waals surface area contributed by atoms with E-state index in [1.165, 1.54) is 4.70 Å². The maximum Gasteiger partial charge on any atom is 0.171 e. The van der Waals surface area contributed by atoms with Gasteiger partial charge >= 0.3 is 0 Å². The second-order valence-electron chi connectivity index (χ2n) is 7.62. The molecular weight excluding hydrogens is 310 g/mol. The van der Waals surface area contributed by atoms with Crippen molar-refractivity contribution in [1.82, 2.24) is 10.3 Å². The predicted molar refractivity (Wildman–Crippen MR) is 102 cm³/mol. The molecule has 0 unspecified atom stereocenters. The van der Waals surface area contributed by atoms with E-state index in [1.54, 1.807) is 11.3 Å². The second-order valence-corrected chi connectivity index (χ2v) is 9.26. The number of nitrogens with zero attached hydrogens (tertiary/aromatic N) is 1. The second kappa shape index (κ2) is 6.13. The summed E-state index contributed by atoms with van der Waals surface area (Å²) in [7, 11) is 0. The van der Waals surface area contributed by atoms with Crippen LogP contribution in [0.5, 0.6) is 0 Å². The molecule has 22 heavy (non-hydrogen) atoms. The molecule has 120 valence electrons. The van der Waals surface area contributed by atoms with Crippen LogP contribution in [0.3, 0.4) is 0 Å². The third-order valence-corrected chi connectivity index (χ3v) is 4.32. The molecule has 0 saturated heterocycles. The van der Waals surface area contributed by atoms with Gasteiger partial charge in [-0.1, -0.05) is 20.8 Å². The lowest BCUT2D eigenvalue weighted by atomic mass is 9.82. The fourth-order valence-electron chi connectivity index (χ4n) is 2.96. The smallest absolute Gasteiger partial charge is 0.171 e. The normalized spacial score (nSPS) is 12.5. The van der Waals surface area contributed by atoms with Crippen LogP contribution in [0.1, 0.15) is 46.0 Å². The molecule has 0 aliphatic heterocycles. The molecule has 1 aromatic heterocycles. The summed E-state index contributed by atoms with van der Waals surface area (Å²) < 4.78 is 1.18. The van der Waals surface area contributed by atoms with Crippen molar-refractivity contribution < 1.29 is 0 Å². The molecule has 0 atom stereocenters. The lowest BCUT2D eigenvalue weighted by molar-refractivity contribution is 0.268. The number of thiocarbonyl (C=S) groups is 1. The lowest BCUT2D eigenvalue weighted by Crippen LogP contribution is -2.47. The SMILES string of the molecule is Cc1nc2ccc(NC(=S)NC(C)(C)CC(C)(C)C)cc2s1. The first kappa shape index (κ1) is 17.2. The third kappa shape index (κ3) is 4.92. The first-order chi connectivity index (χ1) is 10.0. The summed E-state index contributed by atoms with van der Waals surface area (Å²) in [6.07, 6.45) is 1.04. The van der Waals surface area contributed by atoms with Crippen molar-refractivity contribution in [3.05, 3.63) is 23.2 Å². The zero-order chi connectivity index (χ0) is 16.5. The largest absolute Gasteiger partial charge is 0.358 e. The number of hydrogen-bond donors (Lipinski definition) is 2. The van der Waals surface area contributed by atoms with Crippen LogP contribution >= 0.6 is 23.6 Å². The summed E-state index contributed by atoms with van der Waals surface area (Å²) >= 11 is 7.17. The Morgan fingerprint density at radius 1 is 1.23 bits per heavy atom. The molecule has 1 aromatic carbocycles. The van der Waals surface area contributed by atoms with Crippen LogP contribution in [-0.2, 0) is 0 Å². The van der Waals surface area contributed by atoms with E-state index in [4.69, 9.17) is 12.2 Å². The van der Waals surface area contributed by atoms with E-state index >= 15 is 0 Å². The Morgan fingerprint density at radius 3 is 2.55 bits per heavy atom. The number of rotatable bonds is 3. The summed E-state index contributed by atoms with van der Waals surface area (Å²) in [5.41, 5.74) is 2.25. The summed E-state index contributed by atoms with van der Waals surface area (Å²) in [4.78, 5) is 4.48. The number of fused-ring (bicyclic) bond motifs is 1. The Kier molecular flexibility index (Phi) is 4.78. The average Bonchev–Trinajstić information content (AvgIpc) is 2.63. The van der Waals surface area contributed by atoms with E-state index in [-0.39, 0.29) is 11.0 Å². The minimum atomic E-state index is -0.0481. The molecule has 0 radical (unpaired) electrons. The van der Waals surface area contributed by atoms with Gasteiger partial charge in [-0.05, 0) is 63.0 Å². The van der Waals surface area contributed by atoms with Crippen LogP contribution in [0.15, 0.2) is 18.2 Å². The molecule has 0 spiro atoms. The molecule has 0 aliphatic rings. The highest BCUT2D eigenvalue weighted by Gasteiger charge is 2.25. The van der Waals surface area contributed by atoms with Crippen molar-refractivity contribution in [3.63, 3.8) is 0 Å². The average molecular weight is 336 g/mol. The van der Waals surface area contributed by atoms with Crippen molar-refractivity contribution in [3.8, 4) is 0 Å². The topological polar surface area (TPSA) is 37.0 Å². The Hall–Kier alpha value is -1.20. The highest BCUT2D eigenvalue weighted by atomic mass is 32.1. The molecule has 2 aromatic rings. The van der Waals surface area contributed by atoms with Crippen molar-refractivity contribution in [2.75, 3.05) is 5.32 Å². The van der Waals surface area contributed by atoms with Gasteiger partial charge in [0.1, 0.15) is 0 Å². The summed E-state index contributed by atoms with van der Waals surface area (Å²) in [6, 6.07) is 6.15. The van der Waals surface area contributed by atoms with Gasteiger partial charge in [0.15, 0.2) is 5.11 Å². The third-order valence-electron chi connectivity index (χ3n) is 3.18. The first-order valence-electron chi connectivity index (χ1n) is 7.50. The Bertz CT molecular complexity index is 681. The first-order valence-corrected chi connectivity index (χ1v) is 8.73. The minimum Gasteiger partial charge on any atom is -0.358 e. The van der Waals surface area contributed by atoms with Gasteiger partial charge in [0.2, 0.25) is 0 Å². The number of nitrogens with one attached hydrogen (secondary N) is 2. The Morgan fingerprint density at radius 2 is 1.91 bits per heavy atom. The molecule has 0 fully saturated rings. The molecule has 5 heteroatoms. The molecule has 2 N–H and O–H groups in total. The number of aryl methyl sites for hydroxylation is 1. The lowest BCUT2D eigenvalue weighted by Gasteiger charge is -2.34. The number of hydrogen-bond acceptors (Lipinski definition) is 3. The van der Waals surface area contributed by atoms with Crippen LogP contribution in [0, 0.1) is 12.3 Å². The highest BCUT2D eigenvalue weighted by molar-refractivity contribution is 7.80. The molecule has 3 nitrogen and oxygen atoms in total. The van der Waals surface area contributed by atoms with Crippen molar-refractivity contribution >= 4 is 44.6 Å². The Balaban J connectivity index is 2.04. The molecule has 2 rings (SSSR count). The van der Waals surface area contributed by atoms with Crippen molar-refractivity contribution in [2.24, 2.45) is 5.41 Å². The fraction of sp³-hybridized carbons (Fsp3) is 0.529. The number of benzene rings is 1. The van der Waals surface area contributed by atoms with Crippen molar-refractivity contribution in [2.45, 2.75) is 53.5 Å². The quantitative estimate of drug-likeness (QED) is 0.765. The highest BCUT2D eigenvalue weighted by Crippen LogP contribution is 2.27. The van der Waals surface area contributed by atoms with Crippen LogP contribution in [0.2, 0.25) is 0 Å². The van der Waals surface area contributed by atoms with E-state index in [9.17, 15) is 0 Å². The maximum atomic E-state index is 5.47.